The van der Waals surface area contributed by atoms with Crippen LogP contribution in [0, 0.1) is 20.2 Å². The summed E-state index contributed by atoms with van der Waals surface area (Å²) in [7, 11) is -2.94. The number of benzene rings is 3. The van der Waals surface area contributed by atoms with Gasteiger partial charge in [-0.1, -0.05) is 37.6 Å². The van der Waals surface area contributed by atoms with Gasteiger partial charge >= 0.3 is 0 Å². The number of nitro groups is 2. The van der Waals surface area contributed by atoms with Gasteiger partial charge in [0.25, 0.3) is 27.3 Å². The Morgan fingerprint density at radius 3 is 2.00 bits per heavy atom. The molecule has 0 atom stereocenters. The molecule has 0 radical (unpaired) electrons. The predicted octanol–water partition coefficient (Wildman–Crippen LogP) is 4.27. The molecule has 1 amide bonds. The fraction of sp³-hybridized carbons (Fsp3) is 0.200. The van der Waals surface area contributed by atoms with Gasteiger partial charge < -0.3 is 0 Å². The van der Waals surface area contributed by atoms with Crippen molar-refractivity contribution in [3.63, 3.8) is 0 Å². The molecule has 0 saturated carbocycles. The molecular weight excluding hydrogens is 500 g/mol. The third kappa shape index (κ3) is 4.47. The molecule has 190 valence electrons. The molecule has 1 heterocycles. The lowest BCUT2D eigenvalue weighted by molar-refractivity contribution is -0.617. The van der Waals surface area contributed by atoms with Crippen molar-refractivity contribution in [1.29, 1.82) is 0 Å². The van der Waals surface area contributed by atoms with Crippen molar-refractivity contribution in [3.05, 3.63) is 92.5 Å². The van der Waals surface area contributed by atoms with Gasteiger partial charge in [-0.3, -0.25) is 25.0 Å². The lowest BCUT2D eigenvalue weighted by Gasteiger charge is -2.23. The summed E-state index contributed by atoms with van der Waals surface area (Å²) in [4.78, 5) is 34.3. The Bertz CT molecular complexity index is 1630. The average molecular weight is 524 g/mol. The second kappa shape index (κ2) is 9.90. The molecule has 0 saturated heterocycles. The van der Waals surface area contributed by atoms with Gasteiger partial charge in [-0.25, -0.2) is 12.7 Å². The van der Waals surface area contributed by atoms with E-state index in [1.807, 2.05) is 30.7 Å². The Morgan fingerprint density at radius 1 is 0.919 bits per heavy atom. The summed E-state index contributed by atoms with van der Waals surface area (Å²) in [5, 5.41) is 23.9. The minimum absolute atomic E-state index is 0.147. The fourth-order valence-corrected chi connectivity index (χ4v) is 5.87. The van der Waals surface area contributed by atoms with Crippen LogP contribution in [0.2, 0.25) is 0 Å². The molecule has 0 unspecified atom stereocenters. The van der Waals surface area contributed by atoms with E-state index in [9.17, 15) is 33.4 Å². The molecule has 0 aliphatic carbocycles. The van der Waals surface area contributed by atoms with Gasteiger partial charge in [0.05, 0.1) is 32.2 Å². The number of nitrogens with zero attached hydrogens (tertiary/aromatic N) is 4. The first-order chi connectivity index (χ1) is 17.6. The highest BCUT2D eigenvalue weighted by Gasteiger charge is 2.38. The van der Waals surface area contributed by atoms with E-state index in [0.29, 0.717) is 45.0 Å². The van der Waals surface area contributed by atoms with Crippen LogP contribution < -0.4 is 4.57 Å². The SMILES string of the molecule is CCCCN(C(=O)c1c2ccccc2[n+](C)c2ccccc12)S(=O)(=O)c1ccc([N+](=O)[O-])cc1[N+](=O)[O-]. The summed E-state index contributed by atoms with van der Waals surface area (Å²) in [5.74, 6) is -0.839. The van der Waals surface area contributed by atoms with Crippen LogP contribution >= 0.6 is 0 Å². The van der Waals surface area contributed by atoms with Gasteiger partial charge in [0.1, 0.15) is 7.05 Å². The van der Waals surface area contributed by atoms with Crippen LogP contribution in [0.1, 0.15) is 30.1 Å². The molecule has 11 nitrogen and oxygen atoms in total. The minimum atomic E-state index is -4.77. The van der Waals surface area contributed by atoms with E-state index in [4.69, 9.17) is 0 Å². The van der Waals surface area contributed by atoms with Crippen LogP contribution in [0.3, 0.4) is 0 Å². The molecule has 3 aromatic carbocycles. The Hall–Kier alpha value is -4.45. The lowest BCUT2D eigenvalue weighted by Crippen LogP contribution is -2.39. The molecule has 0 aliphatic heterocycles. The molecule has 4 aromatic rings. The number of hydrogen-bond acceptors (Lipinski definition) is 7. The highest BCUT2D eigenvalue weighted by atomic mass is 32.2. The van der Waals surface area contributed by atoms with Crippen molar-refractivity contribution in [3.8, 4) is 0 Å². The minimum Gasteiger partial charge on any atom is -0.268 e. The first-order valence-electron chi connectivity index (χ1n) is 11.4. The highest BCUT2D eigenvalue weighted by molar-refractivity contribution is 7.89. The smallest absolute Gasteiger partial charge is 0.268 e. The Labute approximate surface area is 211 Å². The van der Waals surface area contributed by atoms with Gasteiger partial charge in [-0.05, 0) is 24.6 Å². The van der Waals surface area contributed by atoms with Gasteiger partial charge in [0.15, 0.2) is 4.90 Å². The average Bonchev–Trinajstić information content (AvgIpc) is 2.88. The maximum Gasteiger partial charge on any atom is 0.296 e. The van der Waals surface area contributed by atoms with E-state index in [1.165, 1.54) is 0 Å². The van der Waals surface area contributed by atoms with Crippen molar-refractivity contribution < 1.29 is 27.6 Å². The number of carbonyl (C=O) groups excluding carboxylic acids is 1. The summed E-state index contributed by atoms with van der Waals surface area (Å²) in [6.07, 6.45) is 0.856. The zero-order valence-corrected chi connectivity index (χ0v) is 20.8. The van der Waals surface area contributed by atoms with Crippen molar-refractivity contribution in [2.24, 2.45) is 7.05 Å². The molecule has 0 N–H and O–H groups in total. The largest absolute Gasteiger partial charge is 0.296 e. The molecular formula is C25H23N4O7S+. The molecule has 0 fully saturated rings. The Morgan fingerprint density at radius 2 is 1.49 bits per heavy atom. The molecule has 0 aliphatic rings. The topological polar surface area (TPSA) is 145 Å². The van der Waals surface area contributed by atoms with E-state index >= 15 is 0 Å². The molecule has 37 heavy (non-hydrogen) atoms. The number of aryl methyl sites for hydroxylation is 1. The van der Waals surface area contributed by atoms with Crippen LogP contribution in [-0.4, -0.2) is 35.0 Å². The molecule has 1 aromatic heterocycles. The van der Waals surface area contributed by atoms with Crippen molar-refractivity contribution in [1.82, 2.24) is 4.31 Å². The lowest BCUT2D eigenvalue weighted by atomic mass is 10.0. The maximum atomic E-state index is 14.1. The molecule has 0 spiro atoms. The number of rotatable bonds is 8. The number of fused-ring (bicyclic) bond motifs is 2. The van der Waals surface area contributed by atoms with Gasteiger partial charge in [-0.2, -0.15) is 4.57 Å². The number of sulfonamides is 1. The van der Waals surface area contributed by atoms with Crippen molar-refractivity contribution in [2.45, 2.75) is 24.7 Å². The van der Waals surface area contributed by atoms with Crippen LogP contribution in [0.4, 0.5) is 11.4 Å². The summed E-state index contributed by atoms with van der Waals surface area (Å²) in [6, 6.07) is 16.4. The van der Waals surface area contributed by atoms with Gasteiger partial charge in [0.2, 0.25) is 11.0 Å². The molecule has 4 rings (SSSR count). The van der Waals surface area contributed by atoms with E-state index in [-0.39, 0.29) is 12.1 Å². The summed E-state index contributed by atoms with van der Waals surface area (Å²) in [6.45, 7) is 1.59. The van der Waals surface area contributed by atoms with E-state index in [0.717, 1.165) is 12.1 Å². The Kier molecular flexibility index (Phi) is 6.86. The second-order valence-electron chi connectivity index (χ2n) is 8.37. The normalized spacial score (nSPS) is 11.5. The predicted molar refractivity (Wildman–Crippen MR) is 136 cm³/mol. The third-order valence-electron chi connectivity index (χ3n) is 6.14. The third-order valence-corrected chi connectivity index (χ3v) is 7.97. The van der Waals surface area contributed by atoms with Crippen LogP contribution in [0.5, 0.6) is 0 Å². The zero-order valence-electron chi connectivity index (χ0n) is 20.0. The van der Waals surface area contributed by atoms with E-state index < -0.39 is 42.0 Å². The van der Waals surface area contributed by atoms with Crippen LogP contribution in [0.15, 0.2) is 71.6 Å². The zero-order chi connectivity index (χ0) is 26.9. The van der Waals surface area contributed by atoms with Crippen molar-refractivity contribution in [2.75, 3.05) is 6.54 Å². The number of hydrogen-bond donors (Lipinski definition) is 0. The highest BCUT2D eigenvalue weighted by Crippen LogP contribution is 2.33. The van der Waals surface area contributed by atoms with Crippen LogP contribution in [-0.2, 0) is 17.1 Å². The number of pyridine rings is 1. The first-order valence-corrected chi connectivity index (χ1v) is 12.8. The fourth-order valence-electron chi connectivity index (χ4n) is 4.32. The second-order valence-corrected chi connectivity index (χ2v) is 10.2. The quantitative estimate of drug-likeness (QED) is 0.145. The first kappa shape index (κ1) is 25.6. The number of non-ortho nitro benzene ring substituents is 1. The van der Waals surface area contributed by atoms with Crippen molar-refractivity contribution >= 4 is 49.1 Å². The summed E-state index contributed by atoms with van der Waals surface area (Å²) < 4.78 is 30.2. The van der Waals surface area contributed by atoms with E-state index in [1.54, 1.807) is 36.4 Å². The molecule has 0 bridgehead atoms. The number of aromatic nitrogens is 1. The van der Waals surface area contributed by atoms with Gasteiger partial charge in [0, 0.05) is 24.7 Å². The number of para-hydroxylation sites is 2. The van der Waals surface area contributed by atoms with E-state index in [2.05, 4.69) is 0 Å². The number of amides is 1. The van der Waals surface area contributed by atoms with Crippen LogP contribution in [0.25, 0.3) is 21.8 Å². The maximum absolute atomic E-state index is 14.1. The molecule has 12 heteroatoms. The number of unbranched alkanes of at least 4 members (excludes halogenated alkanes) is 1. The van der Waals surface area contributed by atoms with Gasteiger partial charge in [-0.15, -0.1) is 0 Å². The summed E-state index contributed by atoms with van der Waals surface area (Å²) >= 11 is 0. The monoisotopic (exact) mass is 523 g/mol. The Balaban J connectivity index is 1.99. The standard InChI is InChI=1S/C25H23N4O7S/c1-3-4-15-27(37(35,36)23-14-13-17(28(31)32)16-22(23)29(33)34)25(30)24-18-9-5-7-11-20(18)26(2)21-12-8-6-10-19(21)24/h5-14,16H,3-4,15H2,1-2H3/q+1. The number of carbonyl (C=O) groups is 1. The summed E-state index contributed by atoms with van der Waals surface area (Å²) in [5.41, 5.74) is -0.0757. The number of nitro benzene ring substituents is 2.